The Labute approximate surface area is 127 Å². The summed E-state index contributed by atoms with van der Waals surface area (Å²) in [6, 6.07) is 1.40. The fourth-order valence-corrected chi connectivity index (χ4v) is 2.63. The van der Waals surface area contributed by atoms with E-state index >= 15 is 0 Å². The van der Waals surface area contributed by atoms with Crippen LogP contribution in [-0.2, 0) is 15.7 Å². The van der Waals surface area contributed by atoms with Crippen molar-refractivity contribution in [2.75, 3.05) is 13.7 Å². The van der Waals surface area contributed by atoms with Crippen molar-refractivity contribution < 1.29 is 14.0 Å². The molecule has 1 aromatic heterocycles. The molecule has 1 aromatic rings. The van der Waals surface area contributed by atoms with Crippen LogP contribution in [0, 0.1) is 0 Å². The van der Waals surface area contributed by atoms with E-state index < -0.39 is 14.3 Å². The minimum atomic E-state index is -1.81. The van der Waals surface area contributed by atoms with Crippen molar-refractivity contribution in [2.45, 2.75) is 51.5 Å². The first kappa shape index (κ1) is 17.9. The minimum absolute atomic E-state index is 0.148. The monoisotopic (exact) mass is 313 g/mol. The van der Waals surface area contributed by atoms with E-state index in [1.807, 2.05) is 0 Å². The molecule has 21 heavy (non-hydrogen) atoms. The van der Waals surface area contributed by atoms with Gasteiger partial charge in [0.25, 0.3) is 0 Å². The highest BCUT2D eigenvalue weighted by molar-refractivity contribution is 6.74. The molecule has 0 aliphatic carbocycles. The maximum absolute atomic E-state index is 11.6. The van der Waals surface area contributed by atoms with Crippen LogP contribution >= 0.6 is 0 Å². The molecule has 1 rings (SSSR count). The second-order valence-electron chi connectivity index (χ2n) is 6.72. The van der Waals surface area contributed by atoms with Crippen LogP contribution in [0.4, 0.5) is 0 Å². The highest BCUT2D eigenvalue weighted by Gasteiger charge is 2.37. The SMILES string of the molecule is COC(=O)c1ccnn1C[C@H](N)CO[Si](C)(C)C(C)(C)C. The largest absolute Gasteiger partial charge is 0.464 e. The Hall–Kier alpha value is -1.18. The van der Waals surface area contributed by atoms with Gasteiger partial charge >= 0.3 is 5.97 Å². The lowest BCUT2D eigenvalue weighted by molar-refractivity contribution is 0.0585. The van der Waals surface area contributed by atoms with Crippen LogP contribution in [0.5, 0.6) is 0 Å². The summed E-state index contributed by atoms with van der Waals surface area (Å²) in [5, 5.41) is 4.26. The van der Waals surface area contributed by atoms with E-state index in [1.165, 1.54) is 7.11 Å². The van der Waals surface area contributed by atoms with E-state index in [1.54, 1.807) is 16.9 Å². The van der Waals surface area contributed by atoms with Crippen molar-refractivity contribution in [1.29, 1.82) is 0 Å². The average Bonchev–Trinajstić information content (AvgIpc) is 2.82. The van der Waals surface area contributed by atoms with Gasteiger partial charge in [-0.05, 0) is 24.2 Å². The maximum atomic E-state index is 11.6. The minimum Gasteiger partial charge on any atom is -0.464 e. The fraction of sp³-hybridized carbons (Fsp3) is 0.714. The second-order valence-corrected chi connectivity index (χ2v) is 11.5. The third kappa shape index (κ3) is 4.65. The number of hydrogen-bond acceptors (Lipinski definition) is 5. The Kier molecular flexibility index (Phi) is 5.72. The summed E-state index contributed by atoms with van der Waals surface area (Å²) >= 11 is 0. The first-order chi connectivity index (χ1) is 9.58. The van der Waals surface area contributed by atoms with Crippen LogP contribution in [0.2, 0.25) is 18.1 Å². The van der Waals surface area contributed by atoms with Gasteiger partial charge in [0.15, 0.2) is 8.32 Å². The maximum Gasteiger partial charge on any atom is 0.356 e. The van der Waals surface area contributed by atoms with Crippen LogP contribution in [0.1, 0.15) is 31.3 Å². The van der Waals surface area contributed by atoms with Gasteiger partial charge in [-0.3, -0.25) is 4.68 Å². The quantitative estimate of drug-likeness (QED) is 0.642. The molecule has 0 saturated heterocycles. The zero-order valence-electron chi connectivity index (χ0n) is 13.8. The Morgan fingerprint density at radius 2 is 2.10 bits per heavy atom. The molecule has 120 valence electrons. The summed E-state index contributed by atoms with van der Waals surface area (Å²) in [6.45, 7) is 11.8. The van der Waals surface area contributed by atoms with Crippen LogP contribution in [-0.4, -0.2) is 43.8 Å². The van der Waals surface area contributed by atoms with Crippen molar-refractivity contribution in [3.63, 3.8) is 0 Å². The summed E-state index contributed by atoms with van der Waals surface area (Å²) in [5.74, 6) is -0.412. The lowest BCUT2D eigenvalue weighted by atomic mass is 10.2. The molecular weight excluding hydrogens is 286 g/mol. The number of esters is 1. The number of aromatic nitrogens is 2. The predicted molar refractivity (Wildman–Crippen MR) is 84.7 cm³/mol. The van der Waals surface area contributed by atoms with Crippen LogP contribution in [0.25, 0.3) is 0 Å². The summed E-state index contributed by atoms with van der Waals surface area (Å²) in [6.07, 6.45) is 1.56. The van der Waals surface area contributed by atoms with Gasteiger partial charge in [-0.1, -0.05) is 20.8 Å². The molecular formula is C14H27N3O3Si. The second kappa shape index (κ2) is 6.72. The molecule has 7 heteroatoms. The topological polar surface area (TPSA) is 79.4 Å². The highest BCUT2D eigenvalue weighted by Crippen LogP contribution is 2.36. The first-order valence-electron chi connectivity index (χ1n) is 7.08. The number of hydrogen-bond donors (Lipinski definition) is 1. The molecule has 0 saturated carbocycles. The first-order valence-corrected chi connectivity index (χ1v) is 9.99. The van der Waals surface area contributed by atoms with Gasteiger partial charge in [-0.25, -0.2) is 4.79 Å². The van der Waals surface area contributed by atoms with Gasteiger partial charge in [0.2, 0.25) is 0 Å². The number of ether oxygens (including phenoxy) is 1. The van der Waals surface area contributed by atoms with Gasteiger partial charge in [0.05, 0.1) is 20.3 Å². The zero-order valence-corrected chi connectivity index (χ0v) is 14.8. The lowest BCUT2D eigenvalue weighted by Gasteiger charge is -2.36. The van der Waals surface area contributed by atoms with Crippen LogP contribution < -0.4 is 5.73 Å². The average molecular weight is 313 g/mol. The fourth-order valence-electron chi connectivity index (χ4n) is 1.56. The van der Waals surface area contributed by atoms with Gasteiger partial charge in [-0.15, -0.1) is 0 Å². The van der Waals surface area contributed by atoms with Crippen LogP contribution in [0.3, 0.4) is 0 Å². The Morgan fingerprint density at radius 1 is 1.48 bits per heavy atom. The molecule has 0 unspecified atom stereocenters. The number of carbonyl (C=O) groups excluding carboxylic acids is 1. The van der Waals surface area contributed by atoms with Crippen LogP contribution in [0.15, 0.2) is 12.3 Å². The molecule has 1 atom stereocenters. The number of methoxy groups -OCH3 is 1. The van der Waals surface area contributed by atoms with Crippen molar-refractivity contribution in [2.24, 2.45) is 5.73 Å². The number of carbonyl (C=O) groups is 1. The normalized spacial score (nSPS) is 14.0. The third-order valence-corrected chi connectivity index (χ3v) is 8.48. The molecule has 0 radical (unpaired) electrons. The molecule has 0 aromatic carbocycles. The number of rotatable bonds is 6. The molecule has 1 heterocycles. The molecule has 0 bridgehead atoms. The van der Waals surface area contributed by atoms with Crippen molar-refractivity contribution in [1.82, 2.24) is 9.78 Å². The molecule has 0 aliphatic rings. The van der Waals surface area contributed by atoms with Crippen molar-refractivity contribution >= 4 is 14.3 Å². The van der Waals surface area contributed by atoms with Gasteiger partial charge in [0, 0.05) is 12.2 Å². The number of nitrogens with two attached hydrogens (primary N) is 1. The van der Waals surface area contributed by atoms with E-state index in [-0.39, 0.29) is 11.1 Å². The number of nitrogens with zero attached hydrogens (tertiary/aromatic N) is 2. The van der Waals surface area contributed by atoms with E-state index in [0.29, 0.717) is 18.8 Å². The summed E-state index contributed by atoms with van der Waals surface area (Å²) in [5.41, 5.74) is 6.51. The Balaban J connectivity index is 2.61. The Bertz CT molecular complexity index is 480. The Morgan fingerprint density at radius 3 is 2.62 bits per heavy atom. The third-order valence-electron chi connectivity index (χ3n) is 3.98. The zero-order chi connectivity index (χ0) is 16.3. The summed E-state index contributed by atoms with van der Waals surface area (Å²) in [7, 11) is -0.465. The standard InChI is InChI=1S/C14H27N3O3Si/c1-14(2,3)21(5,6)20-10-11(15)9-17-12(7-8-16-17)13(18)19-4/h7-8,11H,9-10,15H2,1-6H3/t11-/m0/s1. The van der Waals surface area contributed by atoms with Crippen molar-refractivity contribution in [3.05, 3.63) is 18.0 Å². The van der Waals surface area contributed by atoms with E-state index in [0.717, 1.165) is 0 Å². The molecule has 0 spiro atoms. The highest BCUT2D eigenvalue weighted by atomic mass is 28.4. The van der Waals surface area contributed by atoms with Gasteiger partial charge in [0.1, 0.15) is 5.69 Å². The summed E-state index contributed by atoms with van der Waals surface area (Å²) < 4.78 is 12.4. The van der Waals surface area contributed by atoms with Gasteiger partial charge < -0.3 is 14.9 Å². The predicted octanol–water partition coefficient (Wildman–Crippen LogP) is 2.02. The molecule has 0 fully saturated rings. The van der Waals surface area contributed by atoms with Gasteiger partial charge in [-0.2, -0.15) is 5.10 Å². The smallest absolute Gasteiger partial charge is 0.356 e. The summed E-state index contributed by atoms with van der Waals surface area (Å²) in [4.78, 5) is 11.6. The lowest BCUT2D eigenvalue weighted by Crippen LogP contribution is -2.45. The van der Waals surface area contributed by atoms with E-state index in [2.05, 4.69) is 39.0 Å². The van der Waals surface area contributed by atoms with Crippen molar-refractivity contribution in [3.8, 4) is 0 Å². The van der Waals surface area contributed by atoms with E-state index in [4.69, 9.17) is 14.9 Å². The molecule has 0 aliphatic heterocycles. The molecule has 0 amide bonds. The molecule has 6 nitrogen and oxygen atoms in total. The molecule has 2 N–H and O–H groups in total. The van der Waals surface area contributed by atoms with E-state index in [9.17, 15) is 4.79 Å².